The minimum Gasteiger partial charge on any atom is -0.350 e. The summed E-state index contributed by atoms with van der Waals surface area (Å²) in [6, 6.07) is 5.73. The highest BCUT2D eigenvalue weighted by atomic mass is 35.5. The molecule has 0 fully saturated rings. The maximum atomic E-state index is 13.2. The highest BCUT2D eigenvalue weighted by Gasteiger charge is 2.17. The zero-order valence-electron chi connectivity index (χ0n) is 14.1. The van der Waals surface area contributed by atoms with Gasteiger partial charge >= 0.3 is 0 Å². The molecule has 27 heavy (non-hydrogen) atoms. The van der Waals surface area contributed by atoms with Gasteiger partial charge in [-0.1, -0.05) is 17.7 Å². The highest BCUT2D eigenvalue weighted by molar-refractivity contribution is 7.89. The number of amides is 1. The Bertz CT molecular complexity index is 954. The Balaban J connectivity index is 1.89. The largest absolute Gasteiger partial charge is 0.350 e. The van der Waals surface area contributed by atoms with Gasteiger partial charge in [-0.15, -0.1) is 0 Å². The number of hydrogen-bond donors (Lipinski definition) is 2. The fourth-order valence-electron chi connectivity index (χ4n) is 2.20. The minimum absolute atomic E-state index is 0.0760. The van der Waals surface area contributed by atoms with Crippen LogP contribution in [0.15, 0.2) is 41.3 Å². The summed E-state index contributed by atoms with van der Waals surface area (Å²) in [4.78, 5) is 11.5. The third kappa shape index (κ3) is 5.69. The van der Waals surface area contributed by atoms with Gasteiger partial charge in [0.15, 0.2) is 11.6 Å². The van der Waals surface area contributed by atoms with Gasteiger partial charge in [-0.2, -0.15) is 0 Å². The summed E-state index contributed by atoms with van der Waals surface area (Å²) in [6.07, 6.45) is -0.192. The first-order valence-electron chi connectivity index (χ1n) is 7.79. The summed E-state index contributed by atoms with van der Waals surface area (Å²) in [5.41, 5.74) is 0.581. The number of carbonyl (C=O) groups is 1. The fourth-order valence-corrected chi connectivity index (χ4v) is 3.44. The molecule has 0 saturated carbocycles. The second-order valence-corrected chi connectivity index (χ2v) is 7.86. The van der Waals surface area contributed by atoms with E-state index in [0.29, 0.717) is 17.7 Å². The predicted octanol–water partition coefficient (Wildman–Crippen LogP) is 3.30. The van der Waals surface area contributed by atoms with E-state index in [-0.39, 0.29) is 18.0 Å². The van der Waals surface area contributed by atoms with Crippen LogP contribution in [0.5, 0.6) is 0 Å². The molecule has 1 amide bonds. The Labute approximate surface area is 159 Å². The zero-order valence-corrected chi connectivity index (χ0v) is 15.7. The maximum Gasteiger partial charge on any atom is 0.240 e. The third-order valence-corrected chi connectivity index (χ3v) is 5.42. The van der Waals surface area contributed by atoms with E-state index in [1.165, 1.54) is 18.2 Å². The van der Waals surface area contributed by atoms with Crippen molar-refractivity contribution in [2.75, 3.05) is 6.54 Å². The number of carbonyl (C=O) groups excluding carboxylic acids is 1. The zero-order chi connectivity index (χ0) is 20.2. The van der Waals surface area contributed by atoms with Crippen LogP contribution in [0.4, 0.5) is 13.2 Å². The molecule has 1 unspecified atom stereocenters. The van der Waals surface area contributed by atoms with Gasteiger partial charge in [0.2, 0.25) is 15.9 Å². The van der Waals surface area contributed by atoms with Crippen molar-refractivity contribution in [2.24, 2.45) is 0 Å². The molecule has 5 nitrogen and oxygen atoms in total. The molecular formula is C17H16ClF3N2O3S. The molecule has 0 radical (unpaired) electrons. The van der Waals surface area contributed by atoms with Crippen molar-refractivity contribution in [1.29, 1.82) is 0 Å². The summed E-state index contributed by atoms with van der Waals surface area (Å²) < 4.78 is 65.3. The number of sulfonamides is 1. The summed E-state index contributed by atoms with van der Waals surface area (Å²) >= 11 is 5.69. The van der Waals surface area contributed by atoms with Crippen LogP contribution >= 0.6 is 11.6 Å². The Morgan fingerprint density at radius 2 is 1.74 bits per heavy atom. The molecule has 2 rings (SSSR count). The Morgan fingerprint density at radius 1 is 1.07 bits per heavy atom. The summed E-state index contributed by atoms with van der Waals surface area (Å²) in [6.45, 7) is 1.41. The summed E-state index contributed by atoms with van der Waals surface area (Å²) in [5, 5.41) is 2.54. The van der Waals surface area contributed by atoms with Gasteiger partial charge < -0.3 is 5.32 Å². The standard InChI is InChI=1S/C17H16ClF3N2O3S/c1-10(11-2-4-14(19)13(18)8-11)23-17(24)6-7-22-27(25,26)12-3-5-15(20)16(21)9-12/h2-5,8-10,22H,6-7H2,1H3,(H,23,24). The van der Waals surface area contributed by atoms with Gasteiger partial charge in [0, 0.05) is 13.0 Å². The summed E-state index contributed by atoms with van der Waals surface area (Å²) in [5.74, 6) is -3.49. The van der Waals surface area contributed by atoms with Gasteiger partial charge in [0.25, 0.3) is 0 Å². The molecule has 0 aromatic heterocycles. The first kappa shape index (κ1) is 21.2. The molecule has 0 bridgehead atoms. The normalized spacial score (nSPS) is 12.6. The van der Waals surface area contributed by atoms with E-state index >= 15 is 0 Å². The van der Waals surface area contributed by atoms with Gasteiger partial charge in [-0.05, 0) is 42.8 Å². The number of rotatable bonds is 7. The van der Waals surface area contributed by atoms with Crippen molar-refractivity contribution >= 4 is 27.5 Å². The smallest absolute Gasteiger partial charge is 0.240 e. The predicted molar refractivity (Wildman–Crippen MR) is 94.1 cm³/mol. The van der Waals surface area contributed by atoms with Crippen LogP contribution in [0.2, 0.25) is 5.02 Å². The molecule has 2 aromatic carbocycles. The highest BCUT2D eigenvalue weighted by Crippen LogP contribution is 2.20. The van der Waals surface area contributed by atoms with Crippen LogP contribution in [0.3, 0.4) is 0 Å². The topological polar surface area (TPSA) is 75.3 Å². The Morgan fingerprint density at radius 3 is 2.37 bits per heavy atom. The number of hydrogen-bond acceptors (Lipinski definition) is 3. The van der Waals surface area contributed by atoms with Gasteiger partial charge in [0.1, 0.15) is 5.82 Å². The Kier molecular flexibility index (Phi) is 6.85. The number of nitrogens with one attached hydrogen (secondary N) is 2. The first-order valence-corrected chi connectivity index (χ1v) is 9.65. The minimum atomic E-state index is -4.08. The lowest BCUT2D eigenvalue weighted by molar-refractivity contribution is -0.121. The van der Waals surface area contributed by atoms with Crippen molar-refractivity contribution in [2.45, 2.75) is 24.3 Å². The quantitative estimate of drug-likeness (QED) is 0.721. The lowest BCUT2D eigenvalue weighted by atomic mass is 10.1. The van der Waals surface area contributed by atoms with Crippen molar-refractivity contribution in [3.8, 4) is 0 Å². The van der Waals surface area contributed by atoms with Crippen molar-refractivity contribution < 1.29 is 26.4 Å². The van der Waals surface area contributed by atoms with Crippen LogP contribution in [0.1, 0.15) is 24.9 Å². The van der Waals surface area contributed by atoms with Crippen molar-refractivity contribution in [3.63, 3.8) is 0 Å². The number of halogens is 4. The SMILES string of the molecule is CC(NC(=O)CCNS(=O)(=O)c1ccc(F)c(F)c1)c1ccc(F)c(Cl)c1. The number of benzene rings is 2. The lowest BCUT2D eigenvalue weighted by Gasteiger charge is -2.15. The average molecular weight is 421 g/mol. The molecule has 2 aromatic rings. The molecule has 0 aliphatic heterocycles. The van der Waals surface area contributed by atoms with Gasteiger partial charge in [0.05, 0.1) is 16.0 Å². The molecule has 0 saturated heterocycles. The first-order chi connectivity index (χ1) is 12.6. The van der Waals surface area contributed by atoms with E-state index in [2.05, 4.69) is 10.0 Å². The average Bonchev–Trinajstić information content (AvgIpc) is 2.59. The van der Waals surface area contributed by atoms with Gasteiger partial charge in [-0.25, -0.2) is 26.3 Å². The fraction of sp³-hybridized carbons (Fsp3) is 0.235. The molecule has 0 spiro atoms. The molecule has 0 aliphatic carbocycles. The van der Waals surface area contributed by atoms with E-state index in [1.54, 1.807) is 6.92 Å². The van der Waals surface area contributed by atoms with E-state index in [1.807, 2.05) is 0 Å². The molecular weight excluding hydrogens is 405 g/mol. The summed E-state index contributed by atoms with van der Waals surface area (Å²) in [7, 11) is -4.08. The molecule has 1 atom stereocenters. The Hall–Kier alpha value is -2.10. The van der Waals surface area contributed by atoms with Gasteiger partial charge in [-0.3, -0.25) is 4.79 Å². The lowest BCUT2D eigenvalue weighted by Crippen LogP contribution is -2.32. The van der Waals surface area contributed by atoms with Crippen LogP contribution in [-0.2, 0) is 14.8 Å². The van der Waals surface area contributed by atoms with Crippen LogP contribution in [-0.4, -0.2) is 20.9 Å². The maximum absolute atomic E-state index is 13.2. The molecule has 0 aliphatic rings. The second-order valence-electron chi connectivity index (χ2n) is 5.69. The van der Waals surface area contributed by atoms with E-state index < -0.39 is 44.3 Å². The molecule has 146 valence electrons. The van der Waals surface area contributed by atoms with E-state index in [9.17, 15) is 26.4 Å². The molecule has 10 heteroatoms. The molecule has 2 N–H and O–H groups in total. The van der Waals surface area contributed by atoms with E-state index in [0.717, 1.165) is 6.07 Å². The van der Waals surface area contributed by atoms with Crippen LogP contribution in [0.25, 0.3) is 0 Å². The monoisotopic (exact) mass is 420 g/mol. The van der Waals surface area contributed by atoms with E-state index in [4.69, 9.17) is 11.6 Å². The molecule has 0 heterocycles. The van der Waals surface area contributed by atoms with Crippen molar-refractivity contribution in [3.05, 3.63) is 64.4 Å². The van der Waals surface area contributed by atoms with Crippen LogP contribution in [0, 0.1) is 17.5 Å². The van der Waals surface area contributed by atoms with Crippen molar-refractivity contribution in [1.82, 2.24) is 10.0 Å². The third-order valence-electron chi connectivity index (χ3n) is 3.67. The van der Waals surface area contributed by atoms with Crippen LogP contribution < -0.4 is 10.0 Å². The second kappa shape index (κ2) is 8.73.